The number of aryl methyl sites for hydroxylation is 1. The van der Waals surface area contributed by atoms with Gasteiger partial charge in [-0.25, -0.2) is 0 Å². The van der Waals surface area contributed by atoms with Crippen LogP contribution in [0.1, 0.15) is 24.4 Å². The Morgan fingerprint density at radius 2 is 2.30 bits per heavy atom. The minimum Gasteiger partial charge on any atom is -0.466 e. The van der Waals surface area contributed by atoms with Gasteiger partial charge in [0.05, 0.1) is 0 Å². The molecule has 0 bridgehead atoms. The Hall–Kier alpha value is -0.240. The van der Waals surface area contributed by atoms with E-state index in [1.807, 2.05) is 19.1 Å². The Balaban J connectivity index is 2.74. The highest BCUT2D eigenvalue weighted by molar-refractivity contribution is 9.09. The third-order valence-electron chi connectivity index (χ3n) is 1.48. The molecule has 0 amide bonds. The van der Waals surface area contributed by atoms with Gasteiger partial charge in [0.15, 0.2) is 0 Å². The SMILES string of the molecule is Cc1ccc(C(C)CBr)o1. The zero-order valence-corrected chi connectivity index (χ0v) is 7.81. The van der Waals surface area contributed by atoms with E-state index in [0.29, 0.717) is 5.92 Å². The molecule has 0 saturated carbocycles. The number of hydrogen-bond acceptors (Lipinski definition) is 1. The zero-order valence-electron chi connectivity index (χ0n) is 6.23. The van der Waals surface area contributed by atoms with Crippen LogP contribution in [0.4, 0.5) is 0 Å². The summed E-state index contributed by atoms with van der Waals surface area (Å²) in [6.45, 7) is 4.09. The van der Waals surface area contributed by atoms with Crippen molar-refractivity contribution in [3.8, 4) is 0 Å². The van der Waals surface area contributed by atoms with Crippen LogP contribution in [0.3, 0.4) is 0 Å². The van der Waals surface area contributed by atoms with E-state index in [4.69, 9.17) is 4.42 Å². The maximum Gasteiger partial charge on any atom is 0.107 e. The lowest BCUT2D eigenvalue weighted by atomic mass is 10.2. The lowest BCUT2D eigenvalue weighted by molar-refractivity contribution is 0.466. The molecule has 56 valence electrons. The normalized spacial score (nSPS) is 13.5. The Labute approximate surface area is 69.6 Å². The summed E-state index contributed by atoms with van der Waals surface area (Å²) in [7, 11) is 0. The smallest absolute Gasteiger partial charge is 0.107 e. The van der Waals surface area contributed by atoms with Crippen LogP contribution >= 0.6 is 15.9 Å². The highest BCUT2D eigenvalue weighted by Gasteiger charge is 2.06. The Kier molecular flexibility index (Phi) is 2.55. The molecule has 0 aliphatic heterocycles. The summed E-state index contributed by atoms with van der Waals surface area (Å²) in [4.78, 5) is 0. The molecule has 1 aromatic rings. The van der Waals surface area contributed by atoms with Crippen molar-refractivity contribution in [2.45, 2.75) is 19.8 Å². The van der Waals surface area contributed by atoms with Gasteiger partial charge in [-0.3, -0.25) is 0 Å². The Morgan fingerprint density at radius 3 is 2.70 bits per heavy atom. The van der Waals surface area contributed by atoms with Crippen molar-refractivity contribution in [1.29, 1.82) is 0 Å². The Bertz CT molecular complexity index is 205. The van der Waals surface area contributed by atoms with Gasteiger partial charge in [-0.1, -0.05) is 22.9 Å². The fraction of sp³-hybridized carbons (Fsp3) is 0.500. The summed E-state index contributed by atoms with van der Waals surface area (Å²) >= 11 is 3.40. The molecule has 1 nitrogen and oxygen atoms in total. The van der Waals surface area contributed by atoms with Crippen molar-refractivity contribution < 1.29 is 4.42 Å². The van der Waals surface area contributed by atoms with Gasteiger partial charge < -0.3 is 4.42 Å². The van der Waals surface area contributed by atoms with Gasteiger partial charge in [0.25, 0.3) is 0 Å². The van der Waals surface area contributed by atoms with Crippen LogP contribution in [0.5, 0.6) is 0 Å². The van der Waals surface area contributed by atoms with Crippen LogP contribution in [0, 0.1) is 6.92 Å². The maximum atomic E-state index is 5.41. The fourth-order valence-electron chi connectivity index (χ4n) is 0.794. The van der Waals surface area contributed by atoms with Crippen molar-refractivity contribution in [2.75, 3.05) is 5.33 Å². The van der Waals surface area contributed by atoms with E-state index < -0.39 is 0 Å². The first-order valence-electron chi connectivity index (χ1n) is 3.36. The molecule has 0 radical (unpaired) electrons. The number of hydrogen-bond donors (Lipinski definition) is 0. The van der Waals surface area contributed by atoms with Crippen LogP contribution in [-0.4, -0.2) is 5.33 Å². The molecule has 1 aromatic heterocycles. The quantitative estimate of drug-likeness (QED) is 0.673. The molecule has 0 saturated heterocycles. The van der Waals surface area contributed by atoms with Crippen LogP contribution in [-0.2, 0) is 0 Å². The lowest BCUT2D eigenvalue weighted by Crippen LogP contribution is -1.90. The second-order valence-electron chi connectivity index (χ2n) is 2.50. The minimum absolute atomic E-state index is 0.480. The fourth-order valence-corrected chi connectivity index (χ4v) is 1.11. The molecular weight excluding hydrogens is 192 g/mol. The van der Waals surface area contributed by atoms with Crippen molar-refractivity contribution in [3.63, 3.8) is 0 Å². The van der Waals surface area contributed by atoms with Gasteiger partial charge in [0, 0.05) is 11.2 Å². The minimum atomic E-state index is 0.480. The molecule has 0 fully saturated rings. The maximum absolute atomic E-state index is 5.41. The Morgan fingerprint density at radius 1 is 1.60 bits per heavy atom. The van der Waals surface area contributed by atoms with Crippen LogP contribution < -0.4 is 0 Å². The molecular formula is C8H11BrO. The molecule has 1 atom stereocenters. The van der Waals surface area contributed by atoms with Crippen molar-refractivity contribution >= 4 is 15.9 Å². The van der Waals surface area contributed by atoms with E-state index in [2.05, 4.69) is 22.9 Å². The van der Waals surface area contributed by atoms with Crippen molar-refractivity contribution in [3.05, 3.63) is 23.7 Å². The van der Waals surface area contributed by atoms with Gasteiger partial charge in [-0.2, -0.15) is 0 Å². The van der Waals surface area contributed by atoms with E-state index in [1.54, 1.807) is 0 Å². The first-order chi connectivity index (χ1) is 4.74. The number of halogens is 1. The predicted molar refractivity (Wildman–Crippen MR) is 45.7 cm³/mol. The van der Waals surface area contributed by atoms with Crippen molar-refractivity contribution in [1.82, 2.24) is 0 Å². The second-order valence-corrected chi connectivity index (χ2v) is 3.15. The summed E-state index contributed by atoms with van der Waals surface area (Å²) in [6, 6.07) is 4.02. The van der Waals surface area contributed by atoms with E-state index >= 15 is 0 Å². The monoisotopic (exact) mass is 202 g/mol. The van der Waals surface area contributed by atoms with Crippen LogP contribution in [0.2, 0.25) is 0 Å². The summed E-state index contributed by atoms with van der Waals surface area (Å²) in [5.74, 6) is 2.53. The molecule has 10 heavy (non-hydrogen) atoms. The van der Waals surface area contributed by atoms with Gasteiger partial charge in [-0.05, 0) is 19.1 Å². The van der Waals surface area contributed by atoms with Gasteiger partial charge in [0.2, 0.25) is 0 Å². The number of alkyl halides is 1. The predicted octanol–water partition coefficient (Wildman–Crippen LogP) is 3.09. The number of furan rings is 1. The van der Waals surface area contributed by atoms with E-state index in [-0.39, 0.29) is 0 Å². The number of rotatable bonds is 2. The lowest BCUT2D eigenvalue weighted by Gasteiger charge is -2.00. The summed E-state index contributed by atoms with van der Waals surface area (Å²) in [5.41, 5.74) is 0. The second kappa shape index (κ2) is 3.24. The summed E-state index contributed by atoms with van der Waals surface area (Å²) in [5, 5.41) is 0.958. The summed E-state index contributed by atoms with van der Waals surface area (Å²) in [6.07, 6.45) is 0. The van der Waals surface area contributed by atoms with E-state index in [0.717, 1.165) is 16.9 Å². The molecule has 0 aliphatic carbocycles. The van der Waals surface area contributed by atoms with Gasteiger partial charge in [0.1, 0.15) is 11.5 Å². The average Bonchev–Trinajstić information content (AvgIpc) is 2.34. The molecule has 0 aliphatic rings. The molecule has 1 unspecified atom stereocenters. The largest absolute Gasteiger partial charge is 0.466 e. The van der Waals surface area contributed by atoms with Gasteiger partial charge >= 0.3 is 0 Å². The molecule has 1 heterocycles. The third kappa shape index (κ3) is 1.63. The summed E-state index contributed by atoms with van der Waals surface area (Å²) < 4.78 is 5.41. The third-order valence-corrected chi connectivity index (χ3v) is 2.45. The first-order valence-corrected chi connectivity index (χ1v) is 4.48. The highest BCUT2D eigenvalue weighted by Crippen LogP contribution is 2.19. The first kappa shape index (κ1) is 7.86. The zero-order chi connectivity index (χ0) is 7.56. The van der Waals surface area contributed by atoms with Crippen molar-refractivity contribution in [2.24, 2.45) is 0 Å². The molecule has 1 rings (SSSR count). The average molecular weight is 203 g/mol. The van der Waals surface area contributed by atoms with E-state index in [9.17, 15) is 0 Å². The van der Waals surface area contributed by atoms with Gasteiger partial charge in [-0.15, -0.1) is 0 Å². The molecule has 2 heteroatoms. The van der Waals surface area contributed by atoms with Crippen LogP contribution in [0.25, 0.3) is 0 Å². The van der Waals surface area contributed by atoms with E-state index in [1.165, 1.54) is 0 Å². The molecule has 0 N–H and O–H groups in total. The molecule has 0 spiro atoms. The standard InChI is InChI=1S/C8H11BrO/c1-6(5-9)8-4-3-7(2)10-8/h3-4,6H,5H2,1-2H3. The topological polar surface area (TPSA) is 13.1 Å². The highest BCUT2D eigenvalue weighted by atomic mass is 79.9. The van der Waals surface area contributed by atoms with Crippen LogP contribution in [0.15, 0.2) is 16.5 Å². The molecule has 0 aromatic carbocycles.